The molecule has 90 valence electrons. The van der Waals surface area contributed by atoms with E-state index in [0.717, 1.165) is 22.3 Å². The van der Waals surface area contributed by atoms with Gasteiger partial charge in [0.1, 0.15) is 9.98 Å². The highest BCUT2D eigenvalue weighted by Crippen LogP contribution is 2.20. The van der Waals surface area contributed by atoms with Crippen LogP contribution < -0.4 is 11.5 Å². The van der Waals surface area contributed by atoms with Crippen molar-refractivity contribution in [2.75, 3.05) is 0 Å². The largest absolute Gasteiger partial charge is 0.389 e. The molecule has 4 heteroatoms. The fraction of sp³-hybridized carbons (Fsp3) is 0. The van der Waals surface area contributed by atoms with Crippen LogP contribution in [0.5, 0.6) is 0 Å². The molecule has 0 radical (unpaired) electrons. The molecule has 4 N–H and O–H groups in total. The zero-order valence-electron chi connectivity index (χ0n) is 9.59. The monoisotopic (exact) mass is 272 g/mol. The lowest BCUT2D eigenvalue weighted by molar-refractivity contribution is 1.57. The van der Waals surface area contributed by atoms with Gasteiger partial charge in [-0.1, -0.05) is 73.0 Å². The summed E-state index contributed by atoms with van der Waals surface area (Å²) in [7, 11) is 0. The molecule has 0 bridgehead atoms. The van der Waals surface area contributed by atoms with E-state index in [1.54, 1.807) is 0 Å². The van der Waals surface area contributed by atoms with Crippen LogP contribution in [-0.2, 0) is 0 Å². The summed E-state index contributed by atoms with van der Waals surface area (Å²) in [6.07, 6.45) is 0. The Morgan fingerprint density at radius 3 is 1.11 bits per heavy atom. The van der Waals surface area contributed by atoms with Crippen LogP contribution >= 0.6 is 24.4 Å². The molecule has 0 saturated heterocycles. The normalized spacial score (nSPS) is 10.0. The van der Waals surface area contributed by atoms with Crippen LogP contribution in [0.3, 0.4) is 0 Å². The van der Waals surface area contributed by atoms with Gasteiger partial charge in [-0.2, -0.15) is 0 Å². The van der Waals surface area contributed by atoms with Gasteiger partial charge in [-0.25, -0.2) is 0 Å². The average molecular weight is 272 g/mol. The van der Waals surface area contributed by atoms with Crippen LogP contribution in [0.1, 0.15) is 11.1 Å². The van der Waals surface area contributed by atoms with Crippen LogP contribution in [0, 0.1) is 0 Å². The predicted octanol–water partition coefficient (Wildman–Crippen LogP) is 2.62. The van der Waals surface area contributed by atoms with Crippen molar-refractivity contribution in [3.63, 3.8) is 0 Å². The molecule has 0 fully saturated rings. The highest BCUT2D eigenvalue weighted by Gasteiger charge is 2.01. The topological polar surface area (TPSA) is 52.0 Å². The lowest BCUT2D eigenvalue weighted by Gasteiger charge is -2.05. The summed E-state index contributed by atoms with van der Waals surface area (Å²) in [6, 6.07) is 15.6. The van der Waals surface area contributed by atoms with Crippen molar-refractivity contribution in [3.8, 4) is 11.1 Å². The lowest BCUT2D eigenvalue weighted by Crippen LogP contribution is -2.09. The minimum absolute atomic E-state index is 0.408. The molecular formula is C14H12N2S2. The molecule has 2 rings (SSSR count). The second-order valence-corrected chi connectivity index (χ2v) is 4.76. The van der Waals surface area contributed by atoms with Crippen LogP contribution in [0.25, 0.3) is 11.1 Å². The number of hydrogen-bond acceptors (Lipinski definition) is 2. The first-order valence-corrected chi connectivity index (χ1v) is 6.19. The Bertz CT molecular complexity index is 531. The van der Waals surface area contributed by atoms with E-state index in [9.17, 15) is 0 Å². The third kappa shape index (κ3) is 2.72. The fourth-order valence-corrected chi connectivity index (χ4v) is 1.93. The second-order valence-electron chi connectivity index (χ2n) is 3.88. The third-order valence-corrected chi connectivity index (χ3v) is 3.14. The molecule has 18 heavy (non-hydrogen) atoms. The summed E-state index contributed by atoms with van der Waals surface area (Å²) in [5, 5.41) is 0. The van der Waals surface area contributed by atoms with Crippen molar-refractivity contribution in [2.24, 2.45) is 11.5 Å². The molecule has 0 aliphatic carbocycles. The average Bonchev–Trinajstić information content (AvgIpc) is 2.39. The van der Waals surface area contributed by atoms with Gasteiger partial charge in [-0.05, 0) is 11.1 Å². The molecule has 0 atom stereocenters. The van der Waals surface area contributed by atoms with Crippen LogP contribution in [0.4, 0.5) is 0 Å². The Hall–Kier alpha value is -1.78. The zero-order valence-corrected chi connectivity index (χ0v) is 11.2. The van der Waals surface area contributed by atoms with E-state index >= 15 is 0 Å². The molecule has 0 spiro atoms. The molecule has 0 heterocycles. The van der Waals surface area contributed by atoms with Crippen molar-refractivity contribution >= 4 is 34.4 Å². The molecule has 0 aliphatic heterocycles. The van der Waals surface area contributed by atoms with Gasteiger partial charge in [-0.3, -0.25) is 0 Å². The number of thiocarbonyl (C=S) groups is 2. The summed E-state index contributed by atoms with van der Waals surface area (Å²) in [6.45, 7) is 0. The quantitative estimate of drug-likeness (QED) is 0.843. The molecule has 0 aliphatic rings. The van der Waals surface area contributed by atoms with E-state index in [-0.39, 0.29) is 0 Å². The maximum Gasteiger partial charge on any atom is 0.103 e. The van der Waals surface area contributed by atoms with Gasteiger partial charge in [0.25, 0.3) is 0 Å². The minimum atomic E-state index is 0.408. The Labute approximate surface area is 117 Å². The van der Waals surface area contributed by atoms with Crippen LogP contribution in [-0.4, -0.2) is 9.98 Å². The third-order valence-electron chi connectivity index (χ3n) is 2.67. The first-order valence-electron chi connectivity index (χ1n) is 5.38. The first-order chi connectivity index (χ1) is 8.58. The summed E-state index contributed by atoms with van der Waals surface area (Å²) < 4.78 is 0. The molecule has 0 aromatic heterocycles. The number of hydrogen-bond donors (Lipinski definition) is 2. The Morgan fingerprint density at radius 2 is 0.889 bits per heavy atom. The Morgan fingerprint density at radius 1 is 0.611 bits per heavy atom. The van der Waals surface area contributed by atoms with Crippen molar-refractivity contribution < 1.29 is 0 Å². The SMILES string of the molecule is NC(=S)c1ccc(-c2ccc(C(N)=S)cc2)cc1. The number of benzene rings is 2. The number of nitrogens with two attached hydrogens (primary N) is 2. The van der Waals surface area contributed by atoms with Crippen molar-refractivity contribution in [2.45, 2.75) is 0 Å². The van der Waals surface area contributed by atoms with Gasteiger partial charge < -0.3 is 11.5 Å². The lowest BCUT2D eigenvalue weighted by atomic mass is 10.0. The van der Waals surface area contributed by atoms with Gasteiger partial charge in [0.2, 0.25) is 0 Å². The minimum Gasteiger partial charge on any atom is -0.389 e. The highest BCUT2D eigenvalue weighted by atomic mass is 32.1. The molecule has 0 unspecified atom stereocenters. The van der Waals surface area contributed by atoms with E-state index in [1.165, 1.54) is 0 Å². The Balaban J connectivity index is 2.31. The summed E-state index contributed by atoms with van der Waals surface area (Å²) in [4.78, 5) is 0.816. The predicted molar refractivity (Wildman–Crippen MR) is 83.7 cm³/mol. The number of rotatable bonds is 3. The first kappa shape index (κ1) is 12.7. The van der Waals surface area contributed by atoms with Crippen LogP contribution in [0.2, 0.25) is 0 Å². The zero-order chi connectivity index (χ0) is 13.1. The molecular weight excluding hydrogens is 260 g/mol. The van der Waals surface area contributed by atoms with E-state index in [0.29, 0.717) is 9.98 Å². The molecule has 0 saturated carbocycles. The summed E-state index contributed by atoms with van der Waals surface area (Å²) >= 11 is 9.83. The highest BCUT2D eigenvalue weighted by molar-refractivity contribution is 7.80. The molecule has 2 aromatic carbocycles. The van der Waals surface area contributed by atoms with Gasteiger partial charge in [0.05, 0.1) is 0 Å². The molecule has 2 aromatic rings. The van der Waals surface area contributed by atoms with Gasteiger partial charge >= 0.3 is 0 Å². The van der Waals surface area contributed by atoms with Gasteiger partial charge in [0.15, 0.2) is 0 Å². The van der Waals surface area contributed by atoms with Gasteiger partial charge in [0, 0.05) is 11.1 Å². The van der Waals surface area contributed by atoms with Gasteiger partial charge in [-0.15, -0.1) is 0 Å². The Kier molecular flexibility index (Phi) is 3.69. The maximum atomic E-state index is 5.56. The van der Waals surface area contributed by atoms with Crippen molar-refractivity contribution in [3.05, 3.63) is 59.7 Å². The summed E-state index contributed by atoms with van der Waals surface area (Å²) in [5.41, 5.74) is 15.1. The van der Waals surface area contributed by atoms with E-state index in [4.69, 9.17) is 35.9 Å². The smallest absolute Gasteiger partial charge is 0.103 e. The van der Waals surface area contributed by atoms with E-state index in [1.807, 2.05) is 48.5 Å². The van der Waals surface area contributed by atoms with Crippen molar-refractivity contribution in [1.29, 1.82) is 0 Å². The standard InChI is InChI=1S/C14H12N2S2/c15-13(17)11-5-1-9(2-6-11)10-3-7-12(8-4-10)14(16)18/h1-8H,(H2,15,17)(H2,16,18). The summed E-state index contributed by atoms with van der Waals surface area (Å²) in [5.74, 6) is 0. The second kappa shape index (κ2) is 5.25. The maximum absolute atomic E-state index is 5.56. The molecule has 2 nitrogen and oxygen atoms in total. The van der Waals surface area contributed by atoms with E-state index < -0.39 is 0 Å². The van der Waals surface area contributed by atoms with E-state index in [2.05, 4.69) is 0 Å². The van der Waals surface area contributed by atoms with Crippen LogP contribution in [0.15, 0.2) is 48.5 Å². The molecule has 0 amide bonds. The fourth-order valence-electron chi connectivity index (χ4n) is 1.65. The van der Waals surface area contributed by atoms with Crippen molar-refractivity contribution in [1.82, 2.24) is 0 Å².